The first-order valence-corrected chi connectivity index (χ1v) is 10.6. The summed E-state index contributed by atoms with van der Waals surface area (Å²) in [7, 11) is 0. The second-order valence-electron chi connectivity index (χ2n) is 7.29. The molecule has 26 heavy (non-hydrogen) atoms. The van der Waals surface area contributed by atoms with Gasteiger partial charge in [-0.25, -0.2) is 0 Å². The maximum atomic E-state index is 12.5. The molecule has 2 aromatic carbocycles. The third kappa shape index (κ3) is 4.13. The molecule has 4 heteroatoms. The Hall–Kier alpha value is -1.78. The van der Waals surface area contributed by atoms with Crippen molar-refractivity contribution in [2.45, 2.75) is 24.3 Å². The monoisotopic (exact) mass is 366 g/mol. The van der Waals surface area contributed by atoms with E-state index in [1.807, 2.05) is 30.0 Å². The first-order valence-electron chi connectivity index (χ1n) is 9.57. The number of thioether (sulfide) groups is 1. The number of carbonyl (C=O) groups excluding carboxylic acids is 1. The van der Waals surface area contributed by atoms with Crippen LogP contribution in [0.1, 0.15) is 28.8 Å². The highest BCUT2D eigenvalue weighted by molar-refractivity contribution is 7.99. The van der Waals surface area contributed by atoms with Gasteiger partial charge in [-0.15, -0.1) is 11.8 Å². The van der Waals surface area contributed by atoms with E-state index in [0.29, 0.717) is 5.92 Å². The van der Waals surface area contributed by atoms with Crippen molar-refractivity contribution in [3.63, 3.8) is 0 Å². The molecule has 1 amide bonds. The molecule has 0 radical (unpaired) electrons. The van der Waals surface area contributed by atoms with Crippen molar-refractivity contribution >= 4 is 17.7 Å². The van der Waals surface area contributed by atoms with Gasteiger partial charge in [0.1, 0.15) is 0 Å². The van der Waals surface area contributed by atoms with Crippen LogP contribution in [0.2, 0.25) is 0 Å². The number of hydrogen-bond donors (Lipinski definition) is 0. The number of nitrogens with zero attached hydrogens (tertiary/aromatic N) is 2. The minimum absolute atomic E-state index is 0.224. The van der Waals surface area contributed by atoms with Gasteiger partial charge in [0.05, 0.1) is 0 Å². The maximum absolute atomic E-state index is 12.5. The summed E-state index contributed by atoms with van der Waals surface area (Å²) >= 11 is 1.94. The van der Waals surface area contributed by atoms with Crippen LogP contribution in [0.3, 0.4) is 0 Å². The van der Waals surface area contributed by atoms with Crippen molar-refractivity contribution in [1.29, 1.82) is 0 Å². The third-order valence-electron chi connectivity index (χ3n) is 5.50. The molecule has 1 fully saturated rings. The molecule has 0 bridgehead atoms. The lowest BCUT2D eigenvalue weighted by Crippen LogP contribution is -2.39. The average molecular weight is 367 g/mol. The second-order valence-corrected chi connectivity index (χ2v) is 8.46. The lowest BCUT2D eigenvalue weighted by molar-refractivity contribution is 0.0716. The lowest BCUT2D eigenvalue weighted by Gasteiger charge is -2.33. The molecular formula is C22H26N2OS. The van der Waals surface area contributed by atoms with Crippen molar-refractivity contribution < 1.29 is 4.79 Å². The molecule has 0 unspecified atom stereocenters. The minimum atomic E-state index is 0.224. The Bertz CT molecular complexity index is 741. The summed E-state index contributed by atoms with van der Waals surface area (Å²) in [6, 6.07) is 18.7. The number of hydrogen-bond acceptors (Lipinski definition) is 3. The van der Waals surface area contributed by atoms with Crippen LogP contribution < -0.4 is 0 Å². The van der Waals surface area contributed by atoms with E-state index < -0.39 is 0 Å². The molecule has 0 aliphatic carbocycles. The van der Waals surface area contributed by atoms with Crippen LogP contribution in [0.5, 0.6) is 0 Å². The van der Waals surface area contributed by atoms with Crippen molar-refractivity contribution in [2.75, 3.05) is 31.9 Å². The third-order valence-corrected chi connectivity index (χ3v) is 6.49. The molecule has 2 aliphatic heterocycles. The fourth-order valence-corrected chi connectivity index (χ4v) is 4.91. The molecule has 0 N–H and O–H groups in total. The number of amides is 1. The van der Waals surface area contributed by atoms with Crippen LogP contribution >= 0.6 is 11.8 Å². The van der Waals surface area contributed by atoms with Crippen molar-refractivity contribution in [3.05, 3.63) is 65.7 Å². The molecule has 0 saturated carbocycles. The van der Waals surface area contributed by atoms with Gasteiger partial charge in [0.2, 0.25) is 0 Å². The van der Waals surface area contributed by atoms with E-state index in [2.05, 4.69) is 46.2 Å². The summed E-state index contributed by atoms with van der Waals surface area (Å²) in [4.78, 5) is 18.5. The Kier molecular flexibility index (Phi) is 5.61. The zero-order valence-electron chi connectivity index (χ0n) is 15.1. The summed E-state index contributed by atoms with van der Waals surface area (Å²) in [5, 5.41) is 0. The summed E-state index contributed by atoms with van der Waals surface area (Å²) in [6.45, 7) is 5.19. The quantitative estimate of drug-likeness (QED) is 0.718. The minimum Gasteiger partial charge on any atom is -0.334 e. The topological polar surface area (TPSA) is 23.6 Å². The highest BCUT2D eigenvalue weighted by atomic mass is 32.2. The smallest absolute Gasteiger partial charge is 0.254 e. The number of benzene rings is 2. The van der Waals surface area contributed by atoms with Crippen LogP contribution in [-0.2, 0) is 6.54 Å². The number of likely N-dealkylation sites (tertiary alicyclic amines) is 1. The Morgan fingerprint density at radius 1 is 0.962 bits per heavy atom. The van der Waals surface area contributed by atoms with E-state index in [1.54, 1.807) is 0 Å². The van der Waals surface area contributed by atoms with Crippen LogP contribution in [0, 0.1) is 5.92 Å². The number of fused-ring (bicyclic) bond motifs is 1. The molecule has 2 aromatic rings. The highest BCUT2D eigenvalue weighted by Gasteiger charge is 2.29. The maximum Gasteiger partial charge on any atom is 0.254 e. The van der Waals surface area contributed by atoms with Crippen LogP contribution in [0.15, 0.2) is 59.5 Å². The molecule has 0 atom stereocenters. The standard InChI is InChI=1S/C22H26N2OS/c25-22-21-9-5-4-6-19(21)17-24(22)16-18-10-12-23(13-11-18)14-15-26-20-7-2-1-3-8-20/h1-9,18H,10-17H2. The van der Waals surface area contributed by atoms with Gasteiger partial charge in [-0.1, -0.05) is 36.4 Å². The molecular weight excluding hydrogens is 340 g/mol. The van der Waals surface area contributed by atoms with Gasteiger partial charge in [0, 0.05) is 35.8 Å². The van der Waals surface area contributed by atoms with Gasteiger partial charge in [-0.3, -0.25) is 4.79 Å². The molecule has 1 saturated heterocycles. The Morgan fingerprint density at radius 3 is 2.46 bits per heavy atom. The fourth-order valence-electron chi connectivity index (χ4n) is 3.98. The fraction of sp³-hybridized carbons (Fsp3) is 0.409. The number of piperidine rings is 1. The van der Waals surface area contributed by atoms with Gasteiger partial charge < -0.3 is 9.80 Å². The van der Waals surface area contributed by atoms with E-state index in [0.717, 1.165) is 44.0 Å². The van der Waals surface area contributed by atoms with Gasteiger partial charge in [0.25, 0.3) is 5.91 Å². The lowest BCUT2D eigenvalue weighted by atomic mass is 9.96. The second kappa shape index (κ2) is 8.28. The normalized spacial score (nSPS) is 18.3. The zero-order valence-corrected chi connectivity index (χ0v) is 16.0. The molecule has 136 valence electrons. The van der Waals surface area contributed by atoms with Crippen LogP contribution in [0.4, 0.5) is 0 Å². The van der Waals surface area contributed by atoms with Crippen LogP contribution in [0.25, 0.3) is 0 Å². The SMILES string of the molecule is O=C1c2ccccc2CN1CC1CCN(CCSc2ccccc2)CC1. The van der Waals surface area contributed by atoms with E-state index >= 15 is 0 Å². The van der Waals surface area contributed by atoms with Crippen LogP contribution in [-0.4, -0.2) is 47.6 Å². The van der Waals surface area contributed by atoms with Crippen molar-refractivity contribution in [3.8, 4) is 0 Å². The number of carbonyl (C=O) groups is 1. The van der Waals surface area contributed by atoms with E-state index in [1.165, 1.54) is 23.3 Å². The molecule has 3 nitrogen and oxygen atoms in total. The summed E-state index contributed by atoms with van der Waals surface area (Å²) < 4.78 is 0. The van der Waals surface area contributed by atoms with E-state index in [4.69, 9.17) is 0 Å². The first-order chi connectivity index (χ1) is 12.8. The summed E-state index contributed by atoms with van der Waals surface area (Å²) in [5.74, 6) is 2.02. The Balaban J connectivity index is 1.19. The molecule has 0 spiro atoms. The summed E-state index contributed by atoms with van der Waals surface area (Å²) in [6.07, 6.45) is 2.41. The predicted octanol–water partition coefficient (Wildman–Crippen LogP) is 4.15. The van der Waals surface area contributed by atoms with Crippen molar-refractivity contribution in [1.82, 2.24) is 9.80 Å². The predicted molar refractivity (Wildman–Crippen MR) is 108 cm³/mol. The molecule has 0 aromatic heterocycles. The summed E-state index contributed by atoms with van der Waals surface area (Å²) in [5.41, 5.74) is 2.09. The Labute approximate surface area is 160 Å². The largest absolute Gasteiger partial charge is 0.334 e. The average Bonchev–Trinajstić information content (AvgIpc) is 3.00. The van der Waals surface area contributed by atoms with Crippen molar-refractivity contribution in [2.24, 2.45) is 5.92 Å². The van der Waals surface area contributed by atoms with Gasteiger partial charge >= 0.3 is 0 Å². The molecule has 2 aliphatic rings. The highest BCUT2D eigenvalue weighted by Crippen LogP contribution is 2.26. The molecule has 2 heterocycles. The van der Waals surface area contributed by atoms with Gasteiger partial charge in [-0.2, -0.15) is 0 Å². The Morgan fingerprint density at radius 2 is 1.69 bits per heavy atom. The van der Waals surface area contributed by atoms with Gasteiger partial charge in [0.15, 0.2) is 0 Å². The first kappa shape index (κ1) is 17.6. The van der Waals surface area contributed by atoms with E-state index in [-0.39, 0.29) is 5.91 Å². The zero-order chi connectivity index (χ0) is 17.8. The molecule has 4 rings (SSSR count). The van der Waals surface area contributed by atoms with E-state index in [9.17, 15) is 4.79 Å². The van der Waals surface area contributed by atoms with Gasteiger partial charge in [-0.05, 0) is 55.6 Å². The number of rotatable bonds is 6.